The smallest absolute Gasteiger partial charge is 0.410 e. The highest BCUT2D eigenvalue weighted by Gasteiger charge is 2.33. The number of esters is 1. The second kappa shape index (κ2) is 14.5. The van der Waals surface area contributed by atoms with Gasteiger partial charge in [-0.15, -0.1) is 23.1 Å². The van der Waals surface area contributed by atoms with Gasteiger partial charge in [0.25, 0.3) is 0 Å². The van der Waals surface area contributed by atoms with Crippen LogP contribution < -0.4 is 10.6 Å². The highest BCUT2D eigenvalue weighted by atomic mass is 35.5. The summed E-state index contributed by atoms with van der Waals surface area (Å²) in [7, 11) is 1.31. The van der Waals surface area contributed by atoms with Crippen LogP contribution in [0.5, 0.6) is 0 Å². The number of methoxy groups -OCH3 is 1. The van der Waals surface area contributed by atoms with E-state index < -0.39 is 22.9 Å². The van der Waals surface area contributed by atoms with E-state index in [1.165, 1.54) is 30.2 Å². The van der Waals surface area contributed by atoms with Crippen LogP contribution in [0.2, 0.25) is 5.02 Å². The van der Waals surface area contributed by atoms with E-state index in [2.05, 4.69) is 10.6 Å². The van der Waals surface area contributed by atoms with Crippen LogP contribution >= 0.6 is 34.7 Å². The summed E-state index contributed by atoms with van der Waals surface area (Å²) in [5.41, 5.74) is 1.95. The molecule has 3 amide bonds. The predicted octanol–water partition coefficient (Wildman–Crippen LogP) is 7.17. The maximum Gasteiger partial charge on any atom is 0.410 e. The molecule has 0 aliphatic carbocycles. The number of benzene rings is 2. The number of anilines is 2. The Morgan fingerprint density at radius 2 is 1.82 bits per heavy atom. The first-order chi connectivity index (χ1) is 20.9. The summed E-state index contributed by atoms with van der Waals surface area (Å²) in [4.78, 5) is 54.8. The third-order valence-electron chi connectivity index (χ3n) is 6.67. The number of halogens is 1. The first kappa shape index (κ1) is 33.4. The lowest BCUT2D eigenvalue weighted by Gasteiger charge is -2.30. The number of hydrogen-bond donors (Lipinski definition) is 2. The van der Waals surface area contributed by atoms with Gasteiger partial charge in [-0.2, -0.15) is 0 Å². The second-order valence-electron chi connectivity index (χ2n) is 11.2. The zero-order valence-corrected chi connectivity index (χ0v) is 27.7. The Morgan fingerprint density at radius 1 is 1.09 bits per heavy atom. The number of nitrogens with zero attached hydrogens (tertiary/aromatic N) is 1. The van der Waals surface area contributed by atoms with Gasteiger partial charge >= 0.3 is 12.1 Å². The lowest BCUT2D eigenvalue weighted by atomic mass is 10.0. The van der Waals surface area contributed by atoms with Crippen molar-refractivity contribution in [3.05, 3.63) is 75.1 Å². The van der Waals surface area contributed by atoms with Crippen molar-refractivity contribution in [2.45, 2.75) is 69.2 Å². The number of thioether (sulfide) groups is 1. The predicted molar refractivity (Wildman–Crippen MR) is 175 cm³/mol. The van der Waals surface area contributed by atoms with E-state index in [0.717, 1.165) is 20.9 Å². The van der Waals surface area contributed by atoms with Crippen LogP contribution in [0.1, 0.15) is 60.5 Å². The molecule has 44 heavy (non-hydrogen) atoms. The number of carbonyl (C=O) groups is 4. The van der Waals surface area contributed by atoms with Crippen LogP contribution in [0.25, 0.3) is 0 Å². The molecule has 234 valence electrons. The van der Waals surface area contributed by atoms with Crippen LogP contribution in [-0.4, -0.2) is 53.3 Å². The van der Waals surface area contributed by atoms with Crippen LogP contribution in [-0.2, 0) is 38.4 Å². The summed E-state index contributed by atoms with van der Waals surface area (Å²) in [5, 5.41) is 6.41. The molecule has 12 heteroatoms. The molecule has 3 aromatic rings. The van der Waals surface area contributed by atoms with Crippen molar-refractivity contribution < 1.29 is 28.7 Å². The Bertz CT molecular complexity index is 1530. The van der Waals surface area contributed by atoms with Crippen molar-refractivity contribution in [3.8, 4) is 0 Å². The van der Waals surface area contributed by atoms with Gasteiger partial charge in [0, 0.05) is 27.0 Å². The number of amides is 3. The number of nitrogens with one attached hydrogen (secondary N) is 2. The van der Waals surface area contributed by atoms with Gasteiger partial charge in [-0.25, -0.2) is 9.59 Å². The maximum atomic E-state index is 13.5. The minimum absolute atomic E-state index is 0.165. The molecule has 4 rings (SSSR count). The first-order valence-electron chi connectivity index (χ1n) is 14.2. The Hall–Kier alpha value is -3.54. The van der Waals surface area contributed by atoms with E-state index in [0.29, 0.717) is 40.7 Å². The van der Waals surface area contributed by atoms with Gasteiger partial charge in [0.05, 0.1) is 30.9 Å². The van der Waals surface area contributed by atoms with Crippen LogP contribution in [0.4, 0.5) is 15.5 Å². The number of rotatable bonds is 9. The second-order valence-corrected chi connectivity index (χ2v) is 14.1. The van der Waals surface area contributed by atoms with E-state index in [4.69, 9.17) is 21.1 Å². The minimum atomic E-state index is -0.627. The molecular formula is C32H36ClN3O6S2. The molecule has 0 spiro atoms. The summed E-state index contributed by atoms with van der Waals surface area (Å²) in [5.74, 6) is -0.963. The molecular weight excluding hydrogens is 622 g/mol. The standard InChI is InChI=1S/C32H36ClN3O6S2/c1-6-24(43-22-9-7-8-21(17-22)34-26(37)16-19-10-12-20(33)13-11-19)28(38)35-29-27(30(39)41-5)23-14-15-36(18-25(23)44-29)31(40)42-32(2,3)4/h7-13,17,24H,6,14-16,18H2,1-5H3,(H,34,37)(H,35,38). The van der Waals surface area contributed by atoms with Gasteiger partial charge < -0.3 is 25.0 Å². The van der Waals surface area contributed by atoms with Crippen LogP contribution in [0.15, 0.2) is 53.4 Å². The van der Waals surface area contributed by atoms with E-state index in [9.17, 15) is 19.2 Å². The zero-order chi connectivity index (χ0) is 32.0. The van der Waals surface area contributed by atoms with Crippen LogP contribution in [0, 0.1) is 0 Å². The quantitative estimate of drug-likeness (QED) is 0.185. The fourth-order valence-corrected chi connectivity index (χ4v) is 7.00. The monoisotopic (exact) mass is 657 g/mol. The largest absolute Gasteiger partial charge is 0.465 e. The molecule has 1 aliphatic heterocycles. The third kappa shape index (κ3) is 8.77. The van der Waals surface area contributed by atoms with Gasteiger partial charge in [-0.05, 0) is 75.1 Å². The van der Waals surface area contributed by atoms with Crippen molar-refractivity contribution in [1.29, 1.82) is 0 Å². The van der Waals surface area contributed by atoms with E-state index in [1.807, 2.05) is 58.0 Å². The Kier molecular flexibility index (Phi) is 11.0. The average molecular weight is 658 g/mol. The Balaban J connectivity index is 1.45. The topological polar surface area (TPSA) is 114 Å². The molecule has 1 atom stereocenters. The number of thiophene rings is 1. The summed E-state index contributed by atoms with van der Waals surface area (Å²) in [6.07, 6.45) is 0.743. The molecule has 0 bridgehead atoms. The fraction of sp³-hybridized carbons (Fsp3) is 0.375. The molecule has 2 N–H and O–H groups in total. The SMILES string of the molecule is CCC(Sc1cccc(NC(=O)Cc2ccc(Cl)cc2)c1)C(=O)Nc1sc2c(c1C(=O)OC)CCN(C(=O)OC(C)(C)C)C2. The number of hydrogen-bond acceptors (Lipinski definition) is 8. The molecule has 0 radical (unpaired) electrons. The van der Waals surface area contributed by atoms with Gasteiger partial charge in [0.1, 0.15) is 10.6 Å². The summed E-state index contributed by atoms with van der Waals surface area (Å²) < 4.78 is 10.6. The normalized spacial score (nSPS) is 13.5. The summed E-state index contributed by atoms with van der Waals surface area (Å²) in [6.45, 7) is 8.01. The maximum absolute atomic E-state index is 13.5. The molecule has 9 nitrogen and oxygen atoms in total. The Labute approximate surface area is 270 Å². The highest BCUT2D eigenvalue weighted by Crippen LogP contribution is 2.39. The van der Waals surface area contributed by atoms with E-state index >= 15 is 0 Å². The lowest BCUT2D eigenvalue weighted by Crippen LogP contribution is -2.39. The molecule has 1 unspecified atom stereocenters. The van der Waals surface area contributed by atoms with Gasteiger partial charge in [0.2, 0.25) is 11.8 Å². The van der Waals surface area contributed by atoms with Gasteiger partial charge in [0.15, 0.2) is 0 Å². The van der Waals surface area contributed by atoms with Crippen molar-refractivity contribution in [3.63, 3.8) is 0 Å². The molecule has 0 saturated carbocycles. The number of ether oxygens (including phenoxy) is 2. The number of carbonyl (C=O) groups excluding carboxylic acids is 4. The lowest BCUT2D eigenvalue weighted by molar-refractivity contribution is -0.116. The van der Waals surface area contributed by atoms with Crippen LogP contribution in [0.3, 0.4) is 0 Å². The summed E-state index contributed by atoms with van der Waals surface area (Å²) >= 11 is 8.57. The fourth-order valence-electron chi connectivity index (χ4n) is 4.61. The van der Waals surface area contributed by atoms with Crippen molar-refractivity contribution in [1.82, 2.24) is 4.90 Å². The molecule has 1 aliphatic rings. The highest BCUT2D eigenvalue weighted by molar-refractivity contribution is 8.00. The average Bonchev–Trinajstić information content (AvgIpc) is 3.32. The molecule has 1 aromatic heterocycles. The third-order valence-corrected chi connectivity index (χ3v) is 9.41. The Morgan fingerprint density at radius 3 is 2.48 bits per heavy atom. The van der Waals surface area contributed by atoms with Crippen molar-refractivity contribution in [2.24, 2.45) is 0 Å². The molecule has 2 aromatic carbocycles. The van der Waals surface area contributed by atoms with Crippen molar-refractivity contribution in [2.75, 3.05) is 24.3 Å². The zero-order valence-electron chi connectivity index (χ0n) is 25.3. The van der Waals surface area contributed by atoms with E-state index in [-0.39, 0.29) is 24.8 Å². The van der Waals surface area contributed by atoms with Gasteiger partial charge in [-0.3, -0.25) is 9.59 Å². The molecule has 0 saturated heterocycles. The minimum Gasteiger partial charge on any atom is -0.465 e. The molecule has 0 fully saturated rings. The van der Waals surface area contributed by atoms with Crippen molar-refractivity contribution >= 4 is 69.3 Å². The molecule has 2 heterocycles. The van der Waals surface area contributed by atoms with Gasteiger partial charge in [-0.1, -0.05) is 36.7 Å². The summed E-state index contributed by atoms with van der Waals surface area (Å²) in [6, 6.07) is 14.4. The number of fused-ring (bicyclic) bond motifs is 1. The van der Waals surface area contributed by atoms with E-state index in [1.54, 1.807) is 23.1 Å². The first-order valence-corrected chi connectivity index (χ1v) is 16.3.